The number of rotatable bonds is 3. The van der Waals surface area contributed by atoms with Crippen molar-refractivity contribution in [2.24, 2.45) is 0 Å². The molecule has 0 bridgehead atoms. The van der Waals surface area contributed by atoms with Gasteiger partial charge in [-0.25, -0.2) is 4.39 Å². The molecule has 1 aliphatic heterocycles. The molecular weight excluding hydrogens is 209 g/mol. The molecule has 1 fully saturated rings. The molecule has 0 saturated carbocycles. The summed E-state index contributed by atoms with van der Waals surface area (Å²) < 4.78 is 18.3. The van der Waals surface area contributed by atoms with Crippen LogP contribution in [0.1, 0.15) is 13.3 Å². The second-order valence-electron chi connectivity index (χ2n) is 3.90. The number of carbonyl (C=O) groups excluding carboxylic acids is 1. The van der Waals surface area contributed by atoms with Gasteiger partial charge in [0.1, 0.15) is 11.6 Å². The van der Waals surface area contributed by atoms with Gasteiger partial charge in [0.25, 0.3) is 5.91 Å². The van der Waals surface area contributed by atoms with E-state index in [4.69, 9.17) is 4.74 Å². The van der Waals surface area contributed by atoms with E-state index in [1.807, 2.05) is 0 Å². The average Bonchev–Trinajstić information content (AvgIpc) is 2.14. The zero-order valence-electron chi connectivity index (χ0n) is 9.15. The van der Waals surface area contributed by atoms with Gasteiger partial charge < -0.3 is 9.64 Å². The molecule has 86 valence electrons. The molecule has 0 radical (unpaired) electrons. The molecule has 0 N–H and O–H groups in total. The minimum atomic E-state index is -0.554. The van der Waals surface area contributed by atoms with E-state index < -0.39 is 6.10 Å². The predicted octanol–water partition coefficient (Wildman–Crippen LogP) is 1.83. The van der Waals surface area contributed by atoms with Crippen LogP contribution in [-0.2, 0) is 4.79 Å². The lowest BCUT2D eigenvalue weighted by molar-refractivity contribution is -0.141. The lowest BCUT2D eigenvalue weighted by atomic mass is 10.2. The van der Waals surface area contributed by atoms with E-state index in [2.05, 4.69) is 0 Å². The van der Waals surface area contributed by atoms with Crippen LogP contribution in [0, 0.1) is 5.82 Å². The lowest BCUT2D eigenvalue weighted by Gasteiger charge is -2.33. The lowest BCUT2D eigenvalue weighted by Crippen LogP contribution is -2.47. The minimum absolute atomic E-state index is 0.0319. The molecule has 1 aromatic rings. The van der Waals surface area contributed by atoms with Crippen LogP contribution in [0.25, 0.3) is 0 Å². The Morgan fingerprint density at radius 2 is 2.25 bits per heavy atom. The van der Waals surface area contributed by atoms with Crippen molar-refractivity contribution in [3.05, 3.63) is 30.1 Å². The maximum absolute atomic E-state index is 12.9. The molecule has 1 atom stereocenters. The van der Waals surface area contributed by atoms with Crippen molar-refractivity contribution in [2.45, 2.75) is 19.4 Å². The van der Waals surface area contributed by atoms with Crippen LogP contribution >= 0.6 is 0 Å². The largest absolute Gasteiger partial charge is 0.481 e. The Balaban J connectivity index is 1.95. The molecule has 1 amide bonds. The zero-order chi connectivity index (χ0) is 11.5. The summed E-state index contributed by atoms with van der Waals surface area (Å²) in [5.41, 5.74) is 0. The van der Waals surface area contributed by atoms with Gasteiger partial charge in [-0.15, -0.1) is 0 Å². The first kappa shape index (κ1) is 10.9. The molecule has 0 spiro atoms. The van der Waals surface area contributed by atoms with Crippen molar-refractivity contribution in [3.63, 3.8) is 0 Å². The van der Waals surface area contributed by atoms with Gasteiger partial charge in [-0.1, -0.05) is 6.07 Å². The summed E-state index contributed by atoms with van der Waals surface area (Å²) in [6.07, 6.45) is 0.500. The molecule has 3 nitrogen and oxygen atoms in total. The second-order valence-corrected chi connectivity index (χ2v) is 3.90. The van der Waals surface area contributed by atoms with E-state index in [9.17, 15) is 9.18 Å². The van der Waals surface area contributed by atoms with Gasteiger partial charge in [-0.3, -0.25) is 4.79 Å². The Kier molecular flexibility index (Phi) is 3.08. The van der Waals surface area contributed by atoms with Crippen molar-refractivity contribution < 1.29 is 13.9 Å². The summed E-state index contributed by atoms with van der Waals surface area (Å²) in [5.74, 6) is -0.00187. The van der Waals surface area contributed by atoms with Crippen molar-refractivity contribution >= 4 is 5.91 Å². The van der Waals surface area contributed by atoms with Crippen LogP contribution in [0.2, 0.25) is 0 Å². The summed E-state index contributed by atoms with van der Waals surface area (Å²) in [6.45, 7) is 3.29. The molecule has 1 aliphatic rings. The van der Waals surface area contributed by atoms with Gasteiger partial charge in [-0.2, -0.15) is 0 Å². The molecular formula is C12H14FNO2. The average molecular weight is 223 g/mol. The SMILES string of the molecule is C[C@@H](Oc1cccc(F)c1)C(=O)N1CCC1. The first-order chi connectivity index (χ1) is 7.66. The van der Waals surface area contributed by atoms with Crippen molar-refractivity contribution in [1.29, 1.82) is 0 Å². The second kappa shape index (κ2) is 4.51. The number of ether oxygens (including phenoxy) is 1. The van der Waals surface area contributed by atoms with Crippen LogP contribution in [0.4, 0.5) is 4.39 Å². The molecule has 2 rings (SSSR count). The predicted molar refractivity (Wildman–Crippen MR) is 57.7 cm³/mol. The maximum atomic E-state index is 12.9. The molecule has 1 heterocycles. The smallest absolute Gasteiger partial charge is 0.263 e. The van der Waals surface area contributed by atoms with Gasteiger partial charge in [-0.05, 0) is 25.5 Å². The van der Waals surface area contributed by atoms with Crippen LogP contribution in [-0.4, -0.2) is 30.0 Å². The van der Waals surface area contributed by atoms with Crippen LogP contribution in [0.5, 0.6) is 5.75 Å². The van der Waals surface area contributed by atoms with Crippen LogP contribution in [0.3, 0.4) is 0 Å². The number of nitrogens with zero attached hydrogens (tertiary/aromatic N) is 1. The van der Waals surface area contributed by atoms with Crippen LogP contribution in [0.15, 0.2) is 24.3 Å². The van der Waals surface area contributed by atoms with Crippen LogP contribution < -0.4 is 4.74 Å². The third kappa shape index (κ3) is 2.32. The first-order valence-electron chi connectivity index (χ1n) is 5.38. The van der Waals surface area contributed by atoms with E-state index in [0.29, 0.717) is 5.75 Å². The molecule has 0 aromatic heterocycles. The van der Waals surface area contributed by atoms with E-state index in [1.165, 1.54) is 12.1 Å². The Morgan fingerprint density at radius 1 is 1.50 bits per heavy atom. The number of hydrogen-bond donors (Lipinski definition) is 0. The minimum Gasteiger partial charge on any atom is -0.481 e. The zero-order valence-corrected chi connectivity index (χ0v) is 9.15. The van der Waals surface area contributed by atoms with E-state index in [0.717, 1.165) is 19.5 Å². The molecule has 16 heavy (non-hydrogen) atoms. The topological polar surface area (TPSA) is 29.5 Å². The summed E-state index contributed by atoms with van der Waals surface area (Å²) in [6, 6.07) is 5.82. The normalized spacial score (nSPS) is 16.5. The van der Waals surface area contributed by atoms with E-state index in [-0.39, 0.29) is 11.7 Å². The Morgan fingerprint density at radius 3 is 2.81 bits per heavy atom. The maximum Gasteiger partial charge on any atom is 0.263 e. The number of likely N-dealkylation sites (tertiary alicyclic amines) is 1. The summed E-state index contributed by atoms with van der Waals surface area (Å²) in [5, 5.41) is 0. The number of hydrogen-bond acceptors (Lipinski definition) is 2. The fourth-order valence-electron chi connectivity index (χ4n) is 1.59. The highest BCUT2D eigenvalue weighted by atomic mass is 19.1. The summed E-state index contributed by atoms with van der Waals surface area (Å²) >= 11 is 0. The van der Waals surface area contributed by atoms with Gasteiger partial charge in [0.2, 0.25) is 0 Å². The highest BCUT2D eigenvalue weighted by Crippen LogP contribution is 2.16. The van der Waals surface area contributed by atoms with Gasteiger partial charge in [0.05, 0.1) is 0 Å². The Labute approximate surface area is 93.8 Å². The third-order valence-electron chi connectivity index (χ3n) is 2.62. The Hall–Kier alpha value is -1.58. The summed E-state index contributed by atoms with van der Waals surface area (Å²) in [7, 11) is 0. The monoisotopic (exact) mass is 223 g/mol. The molecule has 0 unspecified atom stereocenters. The molecule has 1 saturated heterocycles. The fourth-order valence-corrected chi connectivity index (χ4v) is 1.59. The fraction of sp³-hybridized carbons (Fsp3) is 0.417. The highest BCUT2D eigenvalue weighted by molar-refractivity contribution is 5.81. The summed E-state index contributed by atoms with van der Waals surface area (Å²) in [4.78, 5) is 13.5. The standard InChI is InChI=1S/C12H14FNO2/c1-9(12(15)14-6-3-7-14)16-11-5-2-4-10(13)8-11/h2,4-5,8-9H,3,6-7H2,1H3/t9-/m1/s1. The molecule has 0 aliphatic carbocycles. The number of carbonyl (C=O) groups is 1. The van der Waals surface area contributed by atoms with Gasteiger partial charge in [0.15, 0.2) is 6.10 Å². The quantitative estimate of drug-likeness (QED) is 0.782. The van der Waals surface area contributed by atoms with Crippen molar-refractivity contribution in [2.75, 3.05) is 13.1 Å². The van der Waals surface area contributed by atoms with Gasteiger partial charge >= 0.3 is 0 Å². The Bertz CT molecular complexity index is 390. The van der Waals surface area contributed by atoms with Gasteiger partial charge in [0, 0.05) is 19.2 Å². The number of amides is 1. The van der Waals surface area contributed by atoms with Crippen molar-refractivity contribution in [3.8, 4) is 5.75 Å². The first-order valence-corrected chi connectivity index (χ1v) is 5.38. The van der Waals surface area contributed by atoms with Crippen molar-refractivity contribution in [1.82, 2.24) is 4.90 Å². The molecule has 4 heteroatoms. The highest BCUT2D eigenvalue weighted by Gasteiger charge is 2.26. The van der Waals surface area contributed by atoms with E-state index in [1.54, 1.807) is 24.0 Å². The molecule has 1 aromatic carbocycles. The van der Waals surface area contributed by atoms with E-state index >= 15 is 0 Å². The number of benzene rings is 1. The number of halogens is 1. The third-order valence-corrected chi connectivity index (χ3v) is 2.62.